The Bertz CT molecular complexity index is 1170. The van der Waals surface area contributed by atoms with Gasteiger partial charge in [-0.1, -0.05) is 12.1 Å². The molecular formula is C20H20N4OS2. The summed E-state index contributed by atoms with van der Waals surface area (Å²) in [6.07, 6.45) is 3.24. The van der Waals surface area contributed by atoms with Gasteiger partial charge in [-0.05, 0) is 50.9 Å². The normalized spacial score (nSPS) is 15.1. The van der Waals surface area contributed by atoms with Gasteiger partial charge in [0.05, 0.1) is 28.2 Å². The SMILES string of the molecule is C[C@H](c1nc2ccccc2s1)N(C)Cc1nc2sc3c(c2c(=O)[nH]1)CCC3. The molecule has 0 aliphatic heterocycles. The molecule has 0 unspecified atom stereocenters. The fourth-order valence-corrected chi connectivity index (χ4v) is 6.12. The summed E-state index contributed by atoms with van der Waals surface area (Å²) >= 11 is 3.41. The van der Waals surface area contributed by atoms with Crippen LogP contribution in [-0.2, 0) is 19.4 Å². The molecule has 3 heterocycles. The number of H-pyrrole nitrogens is 1. The second-order valence-corrected chi connectivity index (χ2v) is 9.31. The van der Waals surface area contributed by atoms with Crippen molar-refractivity contribution in [3.63, 3.8) is 0 Å². The highest BCUT2D eigenvalue weighted by atomic mass is 32.1. The number of thiophene rings is 1. The van der Waals surface area contributed by atoms with Gasteiger partial charge in [-0.3, -0.25) is 9.69 Å². The van der Waals surface area contributed by atoms with Crippen molar-refractivity contribution in [3.8, 4) is 0 Å². The molecule has 7 heteroatoms. The van der Waals surface area contributed by atoms with E-state index < -0.39 is 0 Å². The van der Waals surface area contributed by atoms with Crippen molar-refractivity contribution < 1.29 is 0 Å². The van der Waals surface area contributed by atoms with E-state index in [1.54, 1.807) is 22.7 Å². The van der Waals surface area contributed by atoms with Crippen LogP contribution in [0.4, 0.5) is 0 Å². The summed E-state index contributed by atoms with van der Waals surface area (Å²) in [6.45, 7) is 2.73. The summed E-state index contributed by atoms with van der Waals surface area (Å²) < 4.78 is 1.20. The van der Waals surface area contributed by atoms with Crippen molar-refractivity contribution in [2.75, 3.05) is 7.05 Å². The first-order valence-corrected chi connectivity index (χ1v) is 10.8. The van der Waals surface area contributed by atoms with Crippen LogP contribution < -0.4 is 5.56 Å². The Balaban J connectivity index is 1.43. The van der Waals surface area contributed by atoms with Crippen LogP contribution in [0.25, 0.3) is 20.4 Å². The number of nitrogens with one attached hydrogen (secondary N) is 1. The molecule has 1 atom stereocenters. The first-order chi connectivity index (χ1) is 13.1. The molecule has 0 amide bonds. The zero-order valence-corrected chi connectivity index (χ0v) is 16.9. The Morgan fingerprint density at radius 3 is 2.93 bits per heavy atom. The number of thiazole rings is 1. The monoisotopic (exact) mass is 396 g/mol. The molecule has 1 aliphatic carbocycles. The second kappa shape index (κ2) is 6.51. The highest BCUT2D eigenvalue weighted by Gasteiger charge is 2.22. The molecule has 4 aromatic rings. The van der Waals surface area contributed by atoms with Crippen LogP contribution in [0.1, 0.15) is 40.7 Å². The lowest BCUT2D eigenvalue weighted by Crippen LogP contribution is -2.24. The van der Waals surface area contributed by atoms with Gasteiger partial charge in [0.1, 0.15) is 15.7 Å². The number of aromatic nitrogens is 3. The van der Waals surface area contributed by atoms with Gasteiger partial charge < -0.3 is 4.98 Å². The Morgan fingerprint density at radius 2 is 2.07 bits per heavy atom. The largest absolute Gasteiger partial charge is 0.309 e. The minimum Gasteiger partial charge on any atom is -0.309 e. The molecule has 1 aliphatic rings. The summed E-state index contributed by atoms with van der Waals surface area (Å²) in [5.74, 6) is 0.725. The molecule has 1 aromatic carbocycles. The Hall–Kier alpha value is -2.09. The van der Waals surface area contributed by atoms with E-state index in [0.717, 1.165) is 45.8 Å². The van der Waals surface area contributed by atoms with Crippen molar-refractivity contribution in [1.29, 1.82) is 0 Å². The van der Waals surface area contributed by atoms with Gasteiger partial charge in [-0.2, -0.15) is 0 Å². The first kappa shape index (κ1) is 17.0. The lowest BCUT2D eigenvalue weighted by atomic mass is 10.2. The van der Waals surface area contributed by atoms with Crippen molar-refractivity contribution in [3.05, 3.63) is 55.9 Å². The topological polar surface area (TPSA) is 61.9 Å². The maximum absolute atomic E-state index is 12.6. The molecule has 27 heavy (non-hydrogen) atoms. The highest BCUT2D eigenvalue weighted by molar-refractivity contribution is 7.19. The van der Waals surface area contributed by atoms with Crippen LogP contribution in [0, 0.1) is 0 Å². The van der Waals surface area contributed by atoms with Gasteiger partial charge in [-0.15, -0.1) is 22.7 Å². The third kappa shape index (κ3) is 2.90. The number of para-hydroxylation sites is 1. The maximum Gasteiger partial charge on any atom is 0.259 e. The van der Waals surface area contributed by atoms with Crippen molar-refractivity contribution in [1.82, 2.24) is 19.9 Å². The van der Waals surface area contributed by atoms with E-state index in [4.69, 9.17) is 9.97 Å². The molecule has 0 fully saturated rings. The summed E-state index contributed by atoms with van der Waals surface area (Å²) in [5, 5.41) is 1.90. The molecule has 0 spiro atoms. The van der Waals surface area contributed by atoms with Gasteiger partial charge in [0.15, 0.2) is 0 Å². The summed E-state index contributed by atoms with van der Waals surface area (Å²) in [7, 11) is 2.05. The van der Waals surface area contributed by atoms with Crippen molar-refractivity contribution >= 4 is 43.1 Å². The number of rotatable bonds is 4. The highest BCUT2D eigenvalue weighted by Crippen LogP contribution is 2.34. The predicted molar refractivity (Wildman–Crippen MR) is 112 cm³/mol. The van der Waals surface area contributed by atoms with E-state index in [1.165, 1.54) is 15.1 Å². The van der Waals surface area contributed by atoms with E-state index in [-0.39, 0.29) is 11.6 Å². The van der Waals surface area contributed by atoms with Crippen LogP contribution in [0.5, 0.6) is 0 Å². The Morgan fingerprint density at radius 1 is 1.22 bits per heavy atom. The van der Waals surface area contributed by atoms with Crippen LogP contribution >= 0.6 is 22.7 Å². The molecular weight excluding hydrogens is 376 g/mol. The average molecular weight is 397 g/mol. The van der Waals surface area contributed by atoms with Gasteiger partial charge in [0.2, 0.25) is 0 Å². The van der Waals surface area contributed by atoms with E-state index in [0.29, 0.717) is 6.54 Å². The van der Waals surface area contributed by atoms with Gasteiger partial charge in [0.25, 0.3) is 5.56 Å². The molecule has 1 N–H and O–H groups in total. The van der Waals surface area contributed by atoms with E-state index in [2.05, 4.69) is 29.9 Å². The lowest BCUT2D eigenvalue weighted by molar-refractivity contribution is 0.246. The van der Waals surface area contributed by atoms with Crippen LogP contribution in [0.3, 0.4) is 0 Å². The second-order valence-electron chi connectivity index (χ2n) is 7.16. The van der Waals surface area contributed by atoms with Gasteiger partial charge in [-0.25, -0.2) is 9.97 Å². The number of nitrogens with zero attached hydrogens (tertiary/aromatic N) is 3. The number of aromatic amines is 1. The molecule has 0 saturated heterocycles. The summed E-state index contributed by atoms with van der Waals surface area (Å²) in [4.78, 5) is 29.6. The fourth-order valence-electron chi connectivity index (χ4n) is 3.75. The minimum absolute atomic E-state index is 0.00967. The third-order valence-electron chi connectivity index (χ3n) is 5.35. The van der Waals surface area contributed by atoms with Gasteiger partial charge in [0, 0.05) is 4.88 Å². The third-order valence-corrected chi connectivity index (χ3v) is 7.74. The van der Waals surface area contributed by atoms with Crippen molar-refractivity contribution in [2.24, 2.45) is 0 Å². The average Bonchev–Trinajstić information content (AvgIpc) is 3.33. The summed E-state index contributed by atoms with van der Waals surface area (Å²) in [6, 6.07) is 8.36. The molecule has 5 nitrogen and oxygen atoms in total. The number of fused-ring (bicyclic) bond motifs is 4. The number of hydrogen-bond donors (Lipinski definition) is 1. The number of benzene rings is 1. The quantitative estimate of drug-likeness (QED) is 0.559. The van der Waals surface area contributed by atoms with E-state index in [9.17, 15) is 4.79 Å². The molecule has 0 bridgehead atoms. The van der Waals surface area contributed by atoms with E-state index >= 15 is 0 Å². The standard InChI is InChI=1S/C20H20N4OS2/c1-11(19-21-13-7-3-4-8-15(13)27-19)24(2)10-16-22-18(25)17-12-6-5-9-14(12)26-20(17)23-16/h3-4,7-8,11H,5-6,9-10H2,1-2H3,(H,22,23,25)/t11-/m1/s1. The minimum atomic E-state index is 0.00967. The smallest absolute Gasteiger partial charge is 0.259 e. The molecule has 3 aromatic heterocycles. The molecule has 0 radical (unpaired) electrons. The van der Waals surface area contributed by atoms with Crippen molar-refractivity contribution in [2.45, 2.75) is 38.8 Å². The maximum atomic E-state index is 12.6. The zero-order chi connectivity index (χ0) is 18.5. The summed E-state index contributed by atoms with van der Waals surface area (Å²) in [5.41, 5.74) is 2.28. The zero-order valence-electron chi connectivity index (χ0n) is 15.3. The molecule has 138 valence electrons. The fraction of sp³-hybridized carbons (Fsp3) is 0.350. The molecule has 5 rings (SSSR count). The van der Waals surface area contributed by atoms with E-state index in [1.807, 2.05) is 18.2 Å². The van der Waals surface area contributed by atoms with Crippen LogP contribution in [0.2, 0.25) is 0 Å². The number of hydrogen-bond acceptors (Lipinski definition) is 6. The lowest BCUT2D eigenvalue weighted by Gasteiger charge is -2.22. The van der Waals surface area contributed by atoms with Crippen LogP contribution in [-0.4, -0.2) is 26.9 Å². The number of aryl methyl sites for hydroxylation is 2. The predicted octanol–water partition coefficient (Wildman–Crippen LogP) is 4.28. The van der Waals surface area contributed by atoms with Gasteiger partial charge >= 0.3 is 0 Å². The van der Waals surface area contributed by atoms with Crippen LogP contribution in [0.15, 0.2) is 29.1 Å². The Kier molecular flexibility index (Phi) is 4.11. The first-order valence-electron chi connectivity index (χ1n) is 9.19. The molecule has 0 saturated carbocycles. The Labute approximate surface area is 164 Å².